The summed E-state index contributed by atoms with van der Waals surface area (Å²) in [5.41, 5.74) is 1.02. The first kappa shape index (κ1) is 27.4. The Bertz CT molecular complexity index is 1330. The Hall–Kier alpha value is -3.67. The van der Waals surface area contributed by atoms with Crippen molar-refractivity contribution in [3.8, 4) is 5.75 Å². The third kappa shape index (κ3) is 5.90. The van der Waals surface area contributed by atoms with Crippen LogP contribution in [-0.2, 0) is 17.9 Å². The van der Waals surface area contributed by atoms with Crippen LogP contribution in [0, 0.1) is 5.82 Å². The number of halogens is 5. The lowest BCUT2D eigenvalue weighted by Gasteiger charge is -2.32. The van der Waals surface area contributed by atoms with E-state index in [4.69, 9.17) is 0 Å². The molecule has 204 valence electrons. The number of hydrogen-bond acceptors (Lipinski definition) is 4. The predicted molar refractivity (Wildman–Crippen MR) is 127 cm³/mol. The molecular weight excluding hydrogens is 513 g/mol. The van der Waals surface area contributed by atoms with Crippen LogP contribution < -0.4 is 4.74 Å². The molecule has 12 heteroatoms. The summed E-state index contributed by atoms with van der Waals surface area (Å²) in [6.45, 7) is 0.906. The second-order valence-electron chi connectivity index (χ2n) is 9.12. The lowest BCUT2D eigenvalue weighted by molar-refractivity contribution is -0.274. The van der Waals surface area contributed by atoms with Gasteiger partial charge in [0.2, 0.25) is 5.91 Å². The summed E-state index contributed by atoms with van der Waals surface area (Å²) >= 11 is 0. The molecule has 0 radical (unpaired) electrons. The fraction of sp³-hybridized carbons (Fsp3) is 0.385. The molecular formula is C26H26F5N3O4. The quantitative estimate of drug-likeness (QED) is 0.342. The molecule has 3 aromatic rings. The van der Waals surface area contributed by atoms with Crippen molar-refractivity contribution < 1.29 is 41.5 Å². The van der Waals surface area contributed by atoms with Gasteiger partial charge in [0.25, 0.3) is 5.91 Å². The number of nitrogens with zero attached hydrogens (tertiary/aromatic N) is 3. The lowest BCUT2D eigenvalue weighted by Crippen LogP contribution is -2.38. The van der Waals surface area contributed by atoms with Crippen LogP contribution in [0.15, 0.2) is 42.6 Å². The van der Waals surface area contributed by atoms with Gasteiger partial charge in [-0.2, -0.15) is 5.12 Å². The number of fused-ring (bicyclic) bond motifs is 1. The number of aromatic nitrogens is 1. The molecule has 2 amide bonds. The number of benzene rings is 2. The standard InChI is InChI=1S/C26H26F5N3O4/c1-16(36)34(31)14-17-5-6-22(27)20(13-17)18-7-9-32(10-8-18)25(37)21-15-33(11-12-35)24-19(21)3-2-4-23(24)38-26(28,29)30/h2-6,13,15,18,35H,7-12,14H2,1H3. The normalized spacial score (nSPS) is 14.7. The Balaban J connectivity index is 1.54. The minimum absolute atomic E-state index is 0.0384. The number of para-hydroxylation sites is 1. The van der Waals surface area contributed by atoms with Crippen LogP contribution in [0.1, 0.15) is 47.2 Å². The van der Waals surface area contributed by atoms with Gasteiger partial charge in [0.05, 0.1) is 24.2 Å². The van der Waals surface area contributed by atoms with Crippen LogP contribution in [0.5, 0.6) is 5.75 Å². The number of carbonyl (C=O) groups excluding carboxylic acids is 2. The van der Waals surface area contributed by atoms with Crippen molar-refractivity contribution in [1.82, 2.24) is 14.6 Å². The first-order valence-corrected chi connectivity index (χ1v) is 12.0. The number of ether oxygens (including phenoxy) is 1. The van der Waals surface area contributed by atoms with Crippen molar-refractivity contribution in [2.75, 3.05) is 19.7 Å². The predicted octanol–water partition coefficient (Wildman–Crippen LogP) is 4.92. The van der Waals surface area contributed by atoms with E-state index in [0.29, 0.717) is 24.0 Å². The van der Waals surface area contributed by atoms with Gasteiger partial charge in [-0.1, -0.05) is 28.7 Å². The summed E-state index contributed by atoms with van der Waals surface area (Å²) in [6.07, 6.45) is -2.71. The molecule has 2 heterocycles. The second kappa shape index (κ2) is 11.0. The Morgan fingerprint density at radius 2 is 1.87 bits per heavy atom. The van der Waals surface area contributed by atoms with Crippen molar-refractivity contribution in [3.05, 3.63) is 65.1 Å². The molecule has 1 aliphatic heterocycles. The zero-order valence-electron chi connectivity index (χ0n) is 20.5. The van der Waals surface area contributed by atoms with Crippen molar-refractivity contribution in [3.63, 3.8) is 0 Å². The van der Waals surface area contributed by atoms with Crippen molar-refractivity contribution in [2.24, 2.45) is 0 Å². The summed E-state index contributed by atoms with van der Waals surface area (Å²) in [4.78, 5) is 26.1. The zero-order chi connectivity index (χ0) is 27.6. The lowest BCUT2D eigenvalue weighted by atomic mass is 9.88. The molecule has 2 aromatic carbocycles. The van der Waals surface area contributed by atoms with Gasteiger partial charge >= 0.3 is 6.36 Å². The maximum atomic E-state index is 14.6. The summed E-state index contributed by atoms with van der Waals surface area (Å²) in [6, 6.07) is 8.18. The van der Waals surface area contributed by atoms with Gasteiger partial charge in [-0.3, -0.25) is 9.59 Å². The third-order valence-electron chi connectivity index (χ3n) is 6.60. The molecule has 0 aliphatic carbocycles. The fourth-order valence-corrected chi connectivity index (χ4v) is 4.83. The van der Waals surface area contributed by atoms with E-state index in [1.807, 2.05) is 0 Å². The molecule has 7 nitrogen and oxygen atoms in total. The third-order valence-corrected chi connectivity index (χ3v) is 6.60. The molecule has 1 N–H and O–H groups in total. The van der Waals surface area contributed by atoms with Crippen LogP contribution in [0.3, 0.4) is 0 Å². The number of rotatable bonds is 7. The van der Waals surface area contributed by atoms with Crippen molar-refractivity contribution >= 4 is 22.7 Å². The second-order valence-corrected chi connectivity index (χ2v) is 9.12. The Kier molecular flexibility index (Phi) is 7.91. The molecule has 0 spiro atoms. The summed E-state index contributed by atoms with van der Waals surface area (Å²) < 4.78 is 72.7. The molecule has 0 bridgehead atoms. The van der Waals surface area contributed by atoms with E-state index >= 15 is 0 Å². The number of hydrogen-bond donors (Lipinski definition) is 1. The first-order valence-electron chi connectivity index (χ1n) is 12.0. The first-order chi connectivity index (χ1) is 18.0. The van der Waals surface area contributed by atoms with Gasteiger partial charge in [-0.25, -0.2) is 4.39 Å². The number of likely N-dealkylation sites (tertiary alicyclic amines) is 1. The highest BCUT2D eigenvalue weighted by molar-refractivity contribution is 6.08. The average molecular weight is 540 g/mol. The number of aliphatic hydroxyl groups excluding tert-OH is 1. The maximum Gasteiger partial charge on any atom is 0.573 e. The highest BCUT2D eigenvalue weighted by Gasteiger charge is 2.34. The highest BCUT2D eigenvalue weighted by atomic mass is 19.4. The van der Waals surface area contributed by atoms with E-state index in [9.17, 15) is 36.7 Å². The monoisotopic (exact) mass is 539 g/mol. The Labute approximate surface area is 214 Å². The van der Waals surface area contributed by atoms with Gasteiger partial charge in [0.1, 0.15) is 5.82 Å². The van der Waals surface area contributed by atoms with Gasteiger partial charge in [-0.05, 0) is 42.0 Å². The highest BCUT2D eigenvalue weighted by Crippen LogP contribution is 2.36. The molecule has 1 aromatic heterocycles. The van der Waals surface area contributed by atoms with Crippen LogP contribution in [0.2, 0.25) is 0 Å². The van der Waals surface area contributed by atoms with Crippen molar-refractivity contribution in [2.45, 2.75) is 45.1 Å². The SMILES string of the molecule is CC(=O)N(F)Cc1ccc(F)c(C2CCN(C(=O)c3cn(CCO)c4c(OC(F)(F)F)cccc34)CC2)c1. The number of carbonyl (C=O) groups is 2. The van der Waals surface area contributed by atoms with Crippen LogP contribution >= 0.6 is 0 Å². The van der Waals surface area contributed by atoms with Crippen molar-refractivity contribution in [1.29, 1.82) is 0 Å². The molecule has 0 atom stereocenters. The van der Waals surface area contributed by atoms with Gasteiger partial charge < -0.3 is 19.3 Å². The number of alkyl halides is 3. The summed E-state index contributed by atoms with van der Waals surface area (Å²) in [5, 5.41) is 9.70. The molecule has 0 saturated carbocycles. The topological polar surface area (TPSA) is 75.0 Å². The fourth-order valence-electron chi connectivity index (χ4n) is 4.83. The number of aliphatic hydroxyl groups is 1. The van der Waals surface area contributed by atoms with E-state index < -0.39 is 29.7 Å². The minimum Gasteiger partial charge on any atom is -0.404 e. The van der Waals surface area contributed by atoms with E-state index in [2.05, 4.69) is 4.74 Å². The molecule has 1 aliphatic rings. The van der Waals surface area contributed by atoms with Gasteiger partial charge in [-0.15, -0.1) is 13.2 Å². The smallest absolute Gasteiger partial charge is 0.404 e. The molecule has 1 saturated heterocycles. The molecule has 4 rings (SSSR count). The van der Waals surface area contributed by atoms with Gasteiger partial charge in [0.15, 0.2) is 5.75 Å². The van der Waals surface area contributed by atoms with Crippen LogP contribution in [0.25, 0.3) is 10.9 Å². The number of amides is 2. The maximum absolute atomic E-state index is 14.6. The van der Waals surface area contributed by atoms with E-state index in [1.54, 1.807) is 4.90 Å². The molecule has 38 heavy (non-hydrogen) atoms. The average Bonchev–Trinajstić information content (AvgIpc) is 3.23. The largest absolute Gasteiger partial charge is 0.573 e. The Morgan fingerprint density at radius 3 is 2.50 bits per heavy atom. The van der Waals surface area contributed by atoms with Crippen LogP contribution in [0.4, 0.5) is 22.0 Å². The van der Waals surface area contributed by atoms with E-state index in [1.165, 1.54) is 41.1 Å². The Morgan fingerprint density at radius 1 is 1.16 bits per heavy atom. The number of piperidine rings is 1. The van der Waals surface area contributed by atoms with Gasteiger partial charge in [0, 0.05) is 38.1 Å². The summed E-state index contributed by atoms with van der Waals surface area (Å²) in [7, 11) is 0. The van der Waals surface area contributed by atoms with E-state index in [-0.39, 0.29) is 60.3 Å². The van der Waals surface area contributed by atoms with E-state index in [0.717, 1.165) is 13.0 Å². The minimum atomic E-state index is -4.93. The zero-order valence-corrected chi connectivity index (χ0v) is 20.5. The molecule has 0 unspecified atom stereocenters. The molecule has 1 fully saturated rings. The van der Waals surface area contributed by atoms with Crippen LogP contribution in [-0.4, -0.2) is 57.6 Å². The summed E-state index contributed by atoms with van der Waals surface area (Å²) in [5.74, 6) is -2.35.